The number of hydrogen-bond acceptors (Lipinski definition) is 6. The summed E-state index contributed by atoms with van der Waals surface area (Å²) in [6.45, 7) is 6.53. The number of carbonyl (C=O) groups excluding carboxylic acids is 3. The smallest absolute Gasteiger partial charge is 0.306 e. The van der Waals surface area contributed by atoms with Crippen LogP contribution in [-0.4, -0.2) is 37.2 Å². The maximum atomic E-state index is 12.9. The molecular formula is C71H124O6. The van der Waals surface area contributed by atoms with Crippen molar-refractivity contribution in [3.8, 4) is 0 Å². The third-order valence-corrected chi connectivity index (χ3v) is 14.4. The topological polar surface area (TPSA) is 78.9 Å². The molecule has 0 aliphatic heterocycles. The van der Waals surface area contributed by atoms with Gasteiger partial charge in [-0.05, 0) is 116 Å². The zero-order valence-electron chi connectivity index (χ0n) is 51.0. The van der Waals surface area contributed by atoms with Gasteiger partial charge in [0.05, 0.1) is 0 Å². The van der Waals surface area contributed by atoms with Gasteiger partial charge in [0.1, 0.15) is 13.2 Å². The number of carbonyl (C=O) groups is 3. The second kappa shape index (κ2) is 65.1. The molecule has 77 heavy (non-hydrogen) atoms. The van der Waals surface area contributed by atoms with E-state index in [0.29, 0.717) is 12.8 Å². The highest BCUT2D eigenvalue weighted by molar-refractivity contribution is 5.71. The average molecular weight is 1070 g/mol. The fourth-order valence-electron chi connectivity index (χ4n) is 9.40. The van der Waals surface area contributed by atoms with Gasteiger partial charge in [-0.25, -0.2) is 0 Å². The van der Waals surface area contributed by atoms with Gasteiger partial charge in [0.2, 0.25) is 0 Å². The van der Waals surface area contributed by atoms with Gasteiger partial charge in [-0.1, -0.05) is 279 Å². The molecule has 0 bridgehead atoms. The van der Waals surface area contributed by atoms with Crippen molar-refractivity contribution in [1.82, 2.24) is 0 Å². The van der Waals surface area contributed by atoms with E-state index in [1.807, 2.05) is 0 Å². The van der Waals surface area contributed by atoms with Crippen molar-refractivity contribution in [2.24, 2.45) is 0 Å². The Balaban J connectivity index is 4.41. The molecule has 0 aliphatic carbocycles. The van der Waals surface area contributed by atoms with E-state index in [9.17, 15) is 14.4 Å². The van der Waals surface area contributed by atoms with Gasteiger partial charge in [-0.15, -0.1) is 0 Å². The Morgan fingerprint density at radius 1 is 0.273 bits per heavy atom. The van der Waals surface area contributed by atoms with Crippen LogP contribution in [0.15, 0.2) is 85.1 Å². The quantitative estimate of drug-likeness (QED) is 0.0261. The molecule has 0 saturated carbocycles. The fourth-order valence-corrected chi connectivity index (χ4v) is 9.40. The lowest BCUT2D eigenvalue weighted by Crippen LogP contribution is -2.30. The zero-order chi connectivity index (χ0) is 55.7. The van der Waals surface area contributed by atoms with E-state index >= 15 is 0 Å². The lowest BCUT2D eigenvalue weighted by atomic mass is 10.0. The maximum absolute atomic E-state index is 12.9. The third-order valence-electron chi connectivity index (χ3n) is 14.4. The second-order valence-corrected chi connectivity index (χ2v) is 22.0. The number of unbranched alkanes of at least 4 members (excludes halogenated alkanes) is 35. The van der Waals surface area contributed by atoms with E-state index in [1.54, 1.807) is 0 Å². The molecule has 0 radical (unpaired) electrons. The Morgan fingerprint density at radius 3 is 0.818 bits per heavy atom. The van der Waals surface area contributed by atoms with Crippen molar-refractivity contribution < 1.29 is 28.6 Å². The normalized spacial score (nSPS) is 12.6. The van der Waals surface area contributed by atoms with Gasteiger partial charge in [-0.3, -0.25) is 14.4 Å². The summed E-state index contributed by atoms with van der Waals surface area (Å²) < 4.78 is 16.9. The fraction of sp³-hybridized carbons (Fsp3) is 0.761. The van der Waals surface area contributed by atoms with Crippen molar-refractivity contribution in [2.75, 3.05) is 13.2 Å². The zero-order valence-corrected chi connectivity index (χ0v) is 51.0. The summed E-state index contributed by atoms with van der Waals surface area (Å²) in [4.78, 5) is 38.4. The van der Waals surface area contributed by atoms with Crippen molar-refractivity contribution in [3.63, 3.8) is 0 Å². The van der Waals surface area contributed by atoms with Crippen LogP contribution < -0.4 is 0 Å². The molecule has 0 rings (SSSR count). The van der Waals surface area contributed by atoms with E-state index in [2.05, 4.69) is 106 Å². The van der Waals surface area contributed by atoms with Gasteiger partial charge >= 0.3 is 17.9 Å². The number of esters is 3. The number of rotatable bonds is 60. The van der Waals surface area contributed by atoms with Gasteiger partial charge in [0.15, 0.2) is 6.10 Å². The Hall–Kier alpha value is -3.41. The first kappa shape index (κ1) is 73.6. The van der Waals surface area contributed by atoms with E-state index in [-0.39, 0.29) is 37.5 Å². The highest BCUT2D eigenvalue weighted by Gasteiger charge is 2.19. The lowest BCUT2D eigenvalue weighted by molar-refractivity contribution is -0.167. The summed E-state index contributed by atoms with van der Waals surface area (Å²) in [6, 6.07) is 0. The molecule has 0 amide bonds. The Labute approximate surface area is 477 Å². The molecule has 0 aromatic rings. The Kier molecular flexibility index (Phi) is 62.2. The molecule has 0 saturated heterocycles. The molecule has 0 N–H and O–H groups in total. The summed E-state index contributed by atoms with van der Waals surface area (Å²) in [5.41, 5.74) is 0. The molecule has 0 unspecified atom stereocenters. The molecule has 0 fully saturated rings. The van der Waals surface area contributed by atoms with Crippen LogP contribution in [0.4, 0.5) is 0 Å². The van der Waals surface area contributed by atoms with Crippen LogP contribution in [0, 0.1) is 0 Å². The Bertz CT molecular complexity index is 1470. The van der Waals surface area contributed by atoms with Crippen LogP contribution >= 0.6 is 0 Å². The van der Waals surface area contributed by atoms with E-state index < -0.39 is 6.10 Å². The highest BCUT2D eigenvalue weighted by Crippen LogP contribution is 2.16. The summed E-state index contributed by atoms with van der Waals surface area (Å²) in [5.74, 6) is -0.910. The molecule has 0 spiro atoms. The molecule has 6 nitrogen and oxygen atoms in total. The molecule has 0 aromatic carbocycles. The van der Waals surface area contributed by atoms with Crippen molar-refractivity contribution in [2.45, 2.75) is 335 Å². The monoisotopic (exact) mass is 1070 g/mol. The molecule has 0 aliphatic rings. The first-order valence-corrected chi connectivity index (χ1v) is 33.1. The van der Waals surface area contributed by atoms with Gasteiger partial charge in [0, 0.05) is 19.3 Å². The standard InChI is InChI=1S/C71H124O6/c1-4-7-10-13-16-19-22-25-28-31-34-35-38-40-43-46-49-52-55-58-61-64-70(73)76-67-68(77-71(74)65-62-59-56-53-50-47-44-41-37-33-30-27-24-21-18-15-12-9-6-3)66-75-69(72)63-60-57-54-51-48-45-42-39-36-32-29-26-23-20-17-14-11-8-5-2/h9,12,18,21,25-30,37,41,47,50,68H,4-8,10-11,13-17,19-20,22-24,31-36,38-40,42-46,48-49,51-67H2,1-3H3/b12-9-,21-18-,28-25-,29-26-,30-27-,41-37-,50-47-/t68-/m0/s1. The summed E-state index contributed by atoms with van der Waals surface area (Å²) >= 11 is 0. The highest BCUT2D eigenvalue weighted by atomic mass is 16.6. The first-order valence-electron chi connectivity index (χ1n) is 33.1. The van der Waals surface area contributed by atoms with E-state index in [0.717, 1.165) is 96.3 Å². The molecule has 0 heterocycles. The minimum Gasteiger partial charge on any atom is -0.462 e. The molecule has 1 atom stereocenters. The summed E-state index contributed by atoms with van der Waals surface area (Å²) in [7, 11) is 0. The van der Waals surface area contributed by atoms with Crippen molar-refractivity contribution >= 4 is 17.9 Å². The Morgan fingerprint density at radius 2 is 0.506 bits per heavy atom. The van der Waals surface area contributed by atoms with E-state index in [1.165, 1.54) is 193 Å². The van der Waals surface area contributed by atoms with Crippen molar-refractivity contribution in [1.29, 1.82) is 0 Å². The van der Waals surface area contributed by atoms with Gasteiger partial charge in [-0.2, -0.15) is 0 Å². The first-order chi connectivity index (χ1) is 38.0. The minimum absolute atomic E-state index is 0.0894. The van der Waals surface area contributed by atoms with Crippen LogP contribution in [-0.2, 0) is 28.6 Å². The van der Waals surface area contributed by atoms with Crippen LogP contribution in [0.3, 0.4) is 0 Å². The molecular weight excluding hydrogens is 949 g/mol. The van der Waals surface area contributed by atoms with Gasteiger partial charge < -0.3 is 14.2 Å². The predicted molar refractivity (Wildman–Crippen MR) is 334 cm³/mol. The minimum atomic E-state index is -0.797. The van der Waals surface area contributed by atoms with Crippen molar-refractivity contribution in [3.05, 3.63) is 85.1 Å². The predicted octanol–water partition coefficient (Wildman–Crippen LogP) is 22.7. The number of ether oxygens (including phenoxy) is 3. The van der Waals surface area contributed by atoms with Crippen LogP contribution in [0.5, 0.6) is 0 Å². The van der Waals surface area contributed by atoms with Crippen LogP contribution in [0.25, 0.3) is 0 Å². The summed E-state index contributed by atoms with van der Waals surface area (Å²) in [5, 5.41) is 0. The average Bonchev–Trinajstić information content (AvgIpc) is 3.43. The lowest BCUT2D eigenvalue weighted by Gasteiger charge is -2.18. The van der Waals surface area contributed by atoms with Gasteiger partial charge in [0.25, 0.3) is 0 Å². The number of hydrogen-bond donors (Lipinski definition) is 0. The molecule has 6 heteroatoms. The molecule has 0 aromatic heterocycles. The second-order valence-electron chi connectivity index (χ2n) is 22.0. The van der Waals surface area contributed by atoms with Crippen LogP contribution in [0.1, 0.15) is 329 Å². The third kappa shape index (κ3) is 63.3. The SMILES string of the molecule is CC/C=C\C/C=C\C/C=C\C/C=C\C/C=C\CCCCCC(=O)O[C@@H](COC(=O)CCCCCCCCCCC/C=C\CCCCCCCC)COC(=O)CCCCCCCCCCCCC/C=C\CCCCCCCC. The molecule has 444 valence electrons. The maximum Gasteiger partial charge on any atom is 0.306 e. The van der Waals surface area contributed by atoms with E-state index in [4.69, 9.17) is 14.2 Å². The van der Waals surface area contributed by atoms with Crippen LogP contribution in [0.2, 0.25) is 0 Å². The number of allylic oxidation sites excluding steroid dienone is 14. The largest absolute Gasteiger partial charge is 0.462 e. The summed E-state index contributed by atoms with van der Waals surface area (Å²) in [6.07, 6.45) is 85.9.